The molecule has 1 N–H and O–H groups in total. The van der Waals surface area contributed by atoms with Gasteiger partial charge in [-0.05, 0) is 45.2 Å². The van der Waals surface area contributed by atoms with Gasteiger partial charge in [0.1, 0.15) is 0 Å². The van der Waals surface area contributed by atoms with Crippen LogP contribution in [0, 0.1) is 19.3 Å². The lowest BCUT2D eigenvalue weighted by Gasteiger charge is -2.20. The molecule has 1 aromatic carbocycles. The second-order valence-corrected chi connectivity index (χ2v) is 5.71. The number of aryl methyl sites for hydroxylation is 2. The van der Waals surface area contributed by atoms with Crippen molar-refractivity contribution in [3.05, 3.63) is 33.3 Å². The van der Waals surface area contributed by atoms with Crippen LogP contribution < -0.4 is 0 Å². The lowest BCUT2D eigenvalue weighted by molar-refractivity contribution is -0.146. The van der Waals surface area contributed by atoms with Gasteiger partial charge in [0.2, 0.25) is 0 Å². The van der Waals surface area contributed by atoms with Crippen LogP contribution in [-0.4, -0.2) is 11.1 Å². The van der Waals surface area contributed by atoms with E-state index < -0.39 is 11.4 Å². The molecule has 0 unspecified atom stereocenters. The second-order valence-electron chi connectivity index (χ2n) is 4.92. The van der Waals surface area contributed by atoms with Gasteiger partial charge in [-0.2, -0.15) is 0 Å². The van der Waals surface area contributed by atoms with Gasteiger partial charge < -0.3 is 5.11 Å². The van der Waals surface area contributed by atoms with Gasteiger partial charge in [0.05, 0.1) is 5.41 Å². The van der Waals surface area contributed by atoms with Crippen LogP contribution in [0.1, 0.15) is 30.5 Å². The van der Waals surface area contributed by atoms with Crippen LogP contribution in [-0.2, 0) is 11.2 Å². The fourth-order valence-corrected chi connectivity index (χ4v) is 2.09. The van der Waals surface area contributed by atoms with Crippen molar-refractivity contribution in [2.45, 2.75) is 34.1 Å². The number of aliphatic carboxylic acids is 1. The molecule has 1 aromatic rings. The first kappa shape index (κ1) is 13.2. The second kappa shape index (κ2) is 4.58. The predicted octanol–water partition coefficient (Wildman–Crippen LogP) is 3.72. The Morgan fingerprint density at radius 2 is 1.94 bits per heavy atom. The lowest BCUT2D eigenvalue weighted by Crippen LogP contribution is -2.26. The van der Waals surface area contributed by atoms with Gasteiger partial charge in [-0.15, -0.1) is 0 Å². The van der Waals surface area contributed by atoms with Gasteiger partial charge in [0.25, 0.3) is 0 Å². The van der Waals surface area contributed by atoms with Crippen LogP contribution in [0.15, 0.2) is 16.6 Å². The van der Waals surface area contributed by atoms with E-state index in [0.717, 1.165) is 21.2 Å². The third kappa shape index (κ3) is 2.85. The topological polar surface area (TPSA) is 37.3 Å². The molecule has 0 aliphatic rings. The maximum absolute atomic E-state index is 11.1. The molecule has 0 saturated carbocycles. The van der Waals surface area contributed by atoms with E-state index >= 15 is 0 Å². The Balaban J connectivity index is 3.11. The van der Waals surface area contributed by atoms with Gasteiger partial charge in [-0.1, -0.05) is 33.6 Å². The number of carboxylic acids is 1. The summed E-state index contributed by atoms with van der Waals surface area (Å²) in [6.45, 7) is 7.55. The molecule has 0 aliphatic carbocycles. The molecule has 16 heavy (non-hydrogen) atoms. The van der Waals surface area contributed by atoms with Gasteiger partial charge in [0.15, 0.2) is 0 Å². The van der Waals surface area contributed by atoms with E-state index in [2.05, 4.69) is 22.0 Å². The first-order valence-electron chi connectivity index (χ1n) is 5.23. The zero-order valence-electron chi connectivity index (χ0n) is 10.1. The fourth-order valence-electron chi connectivity index (χ4n) is 1.72. The highest BCUT2D eigenvalue weighted by Crippen LogP contribution is 2.30. The van der Waals surface area contributed by atoms with Crippen molar-refractivity contribution in [1.82, 2.24) is 0 Å². The third-order valence-corrected chi connectivity index (χ3v) is 3.82. The van der Waals surface area contributed by atoms with E-state index in [4.69, 9.17) is 5.11 Å². The van der Waals surface area contributed by atoms with Crippen molar-refractivity contribution in [3.63, 3.8) is 0 Å². The molecule has 0 radical (unpaired) electrons. The van der Waals surface area contributed by atoms with Crippen LogP contribution in [0.25, 0.3) is 0 Å². The summed E-state index contributed by atoms with van der Waals surface area (Å²) in [5.41, 5.74) is 2.64. The van der Waals surface area contributed by atoms with Gasteiger partial charge in [-0.25, -0.2) is 0 Å². The van der Waals surface area contributed by atoms with Crippen molar-refractivity contribution in [1.29, 1.82) is 0 Å². The molecule has 0 aromatic heterocycles. The largest absolute Gasteiger partial charge is 0.481 e. The summed E-state index contributed by atoms with van der Waals surface area (Å²) in [5, 5.41) is 9.12. The Kier molecular flexibility index (Phi) is 3.79. The summed E-state index contributed by atoms with van der Waals surface area (Å²) in [4.78, 5) is 11.1. The summed E-state index contributed by atoms with van der Waals surface area (Å²) in [6, 6.07) is 4.13. The third-order valence-electron chi connectivity index (χ3n) is 2.69. The first-order valence-corrected chi connectivity index (χ1v) is 6.02. The Labute approximate surface area is 105 Å². The minimum absolute atomic E-state index is 0.533. The first-order chi connectivity index (χ1) is 7.24. The number of benzene rings is 1. The molecule has 0 fully saturated rings. The molecule has 0 spiro atoms. The number of carboxylic acid groups (broad SMARTS) is 1. The van der Waals surface area contributed by atoms with Gasteiger partial charge >= 0.3 is 5.97 Å². The smallest absolute Gasteiger partial charge is 0.309 e. The average molecular weight is 285 g/mol. The van der Waals surface area contributed by atoms with Crippen molar-refractivity contribution < 1.29 is 9.90 Å². The summed E-state index contributed by atoms with van der Waals surface area (Å²) in [6.07, 6.45) is 0.533. The fraction of sp³-hybridized carbons (Fsp3) is 0.462. The van der Waals surface area contributed by atoms with Crippen molar-refractivity contribution in [3.8, 4) is 0 Å². The highest BCUT2D eigenvalue weighted by atomic mass is 79.9. The summed E-state index contributed by atoms with van der Waals surface area (Å²) >= 11 is 3.52. The van der Waals surface area contributed by atoms with E-state index in [1.807, 2.05) is 19.9 Å². The highest BCUT2D eigenvalue weighted by Gasteiger charge is 2.28. The molecule has 0 atom stereocenters. The molecule has 1 rings (SSSR count). The lowest BCUT2D eigenvalue weighted by atomic mass is 9.85. The Morgan fingerprint density at radius 1 is 1.38 bits per heavy atom. The maximum atomic E-state index is 11.1. The zero-order chi connectivity index (χ0) is 12.5. The predicted molar refractivity (Wildman–Crippen MR) is 68.7 cm³/mol. The molecular formula is C13H17BrO2. The van der Waals surface area contributed by atoms with Gasteiger partial charge in [-0.3, -0.25) is 4.79 Å². The minimum Gasteiger partial charge on any atom is -0.481 e. The normalized spacial score (nSPS) is 11.6. The molecular weight excluding hydrogens is 268 g/mol. The van der Waals surface area contributed by atoms with Crippen molar-refractivity contribution in [2.24, 2.45) is 5.41 Å². The standard InChI is InChI=1S/C13H17BrO2/c1-8-5-9(2)11(14)10(6-8)7-13(3,4)12(15)16/h5-6H,7H2,1-4H3,(H,15,16). The van der Waals surface area contributed by atoms with E-state index in [0.29, 0.717) is 6.42 Å². The number of hydrogen-bond donors (Lipinski definition) is 1. The van der Waals surface area contributed by atoms with Crippen LogP contribution in [0.4, 0.5) is 0 Å². The van der Waals surface area contributed by atoms with Crippen LogP contribution in [0.2, 0.25) is 0 Å². The molecule has 0 bridgehead atoms. The highest BCUT2D eigenvalue weighted by molar-refractivity contribution is 9.10. The molecule has 88 valence electrons. The minimum atomic E-state index is -0.765. The van der Waals surface area contributed by atoms with Crippen molar-refractivity contribution >= 4 is 21.9 Å². The van der Waals surface area contributed by atoms with Gasteiger partial charge in [0, 0.05) is 4.47 Å². The quantitative estimate of drug-likeness (QED) is 0.919. The number of hydrogen-bond acceptors (Lipinski definition) is 1. The molecule has 3 heteroatoms. The molecule has 0 amide bonds. The maximum Gasteiger partial charge on any atom is 0.309 e. The Hall–Kier alpha value is -0.830. The molecule has 0 heterocycles. The van der Waals surface area contributed by atoms with Crippen LogP contribution in [0.3, 0.4) is 0 Å². The molecule has 2 nitrogen and oxygen atoms in total. The van der Waals surface area contributed by atoms with E-state index in [-0.39, 0.29) is 0 Å². The van der Waals surface area contributed by atoms with Crippen LogP contribution in [0.5, 0.6) is 0 Å². The van der Waals surface area contributed by atoms with E-state index in [1.165, 1.54) is 0 Å². The zero-order valence-corrected chi connectivity index (χ0v) is 11.7. The SMILES string of the molecule is Cc1cc(C)c(Br)c(CC(C)(C)C(=O)O)c1. The Morgan fingerprint density at radius 3 is 2.44 bits per heavy atom. The summed E-state index contributed by atoms with van der Waals surface area (Å²) < 4.78 is 1.02. The molecule has 0 aliphatic heterocycles. The number of halogens is 1. The Bertz CT molecular complexity index is 422. The van der Waals surface area contributed by atoms with E-state index in [1.54, 1.807) is 13.8 Å². The molecule has 0 saturated heterocycles. The number of rotatable bonds is 3. The summed E-state index contributed by atoms with van der Waals surface area (Å²) in [7, 11) is 0. The van der Waals surface area contributed by atoms with Crippen molar-refractivity contribution in [2.75, 3.05) is 0 Å². The van der Waals surface area contributed by atoms with E-state index in [9.17, 15) is 4.79 Å². The van der Waals surface area contributed by atoms with Crippen LogP contribution >= 0.6 is 15.9 Å². The monoisotopic (exact) mass is 284 g/mol. The summed E-state index contributed by atoms with van der Waals surface area (Å²) in [5.74, 6) is -0.765. The number of carbonyl (C=O) groups is 1. The average Bonchev–Trinajstić information content (AvgIpc) is 2.12.